The SMILES string of the molecule is C[C@H](OC(=O)COc1cccc(Cl)c1)C(=O)NC(=O)NC1CCCC1. The first kappa shape index (κ1) is 19.1. The van der Waals surface area contributed by atoms with Gasteiger partial charge in [0.1, 0.15) is 5.75 Å². The Labute approximate surface area is 151 Å². The average molecular weight is 369 g/mol. The van der Waals surface area contributed by atoms with E-state index in [1.54, 1.807) is 24.3 Å². The minimum absolute atomic E-state index is 0.0942. The molecular formula is C17H21ClN2O5. The number of hydrogen-bond acceptors (Lipinski definition) is 5. The zero-order valence-electron chi connectivity index (χ0n) is 13.9. The zero-order valence-corrected chi connectivity index (χ0v) is 14.7. The molecule has 0 heterocycles. The number of carbonyl (C=O) groups excluding carboxylic acids is 3. The van der Waals surface area contributed by atoms with Crippen LogP contribution < -0.4 is 15.4 Å². The van der Waals surface area contributed by atoms with E-state index in [4.69, 9.17) is 21.1 Å². The van der Waals surface area contributed by atoms with Gasteiger partial charge in [-0.3, -0.25) is 10.1 Å². The van der Waals surface area contributed by atoms with E-state index in [1.165, 1.54) is 6.92 Å². The van der Waals surface area contributed by atoms with Gasteiger partial charge in [0.05, 0.1) is 0 Å². The Balaban J connectivity index is 1.70. The van der Waals surface area contributed by atoms with Crippen LogP contribution in [0.25, 0.3) is 0 Å². The normalized spacial score (nSPS) is 15.3. The van der Waals surface area contributed by atoms with Crippen LogP contribution in [0.3, 0.4) is 0 Å². The van der Waals surface area contributed by atoms with Crippen molar-refractivity contribution in [3.8, 4) is 5.75 Å². The third-order valence-corrected chi connectivity index (χ3v) is 3.99. The summed E-state index contributed by atoms with van der Waals surface area (Å²) in [6, 6.07) is 6.07. The van der Waals surface area contributed by atoms with Crippen molar-refractivity contribution in [3.05, 3.63) is 29.3 Å². The molecule has 25 heavy (non-hydrogen) atoms. The van der Waals surface area contributed by atoms with E-state index in [9.17, 15) is 14.4 Å². The summed E-state index contributed by atoms with van der Waals surface area (Å²) >= 11 is 5.81. The summed E-state index contributed by atoms with van der Waals surface area (Å²) in [5.41, 5.74) is 0. The van der Waals surface area contributed by atoms with Crippen molar-refractivity contribution in [2.75, 3.05) is 6.61 Å². The second kappa shape index (κ2) is 9.27. The summed E-state index contributed by atoms with van der Waals surface area (Å²) in [7, 11) is 0. The van der Waals surface area contributed by atoms with E-state index >= 15 is 0 Å². The number of amides is 3. The molecule has 136 valence electrons. The van der Waals surface area contributed by atoms with Gasteiger partial charge in [0.2, 0.25) is 0 Å². The molecule has 0 radical (unpaired) electrons. The number of imide groups is 1. The number of nitrogens with one attached hydrogen (secondary N) is 2. The minimum atomic E-state index is -1.11. The zero-order chi connectivity index (χ0) is 18.2. The van der Waals surface area contributed by atoms with Crippen LogP contribution >= 0.6 is 11.6 Å². The monoisotopic (exact) mass is 368 g/mol. The van der Waals surface area contributed by atoms with Crippen molar-refractivity contribution in [1.29, 1.82) is 0 Å². The minimum Gasteiger partial charge on any atom is -0.482 e. The van der Waals surface area contributed by atoms with Gasteiger partial charge in [-0.2, -0.15) is 0 Å². The van der Waals surface area contributed by atoms with E-state index < -0.39 is 24.0 Å². The van der Waals surface area contributed by atoms with Gasteiger partial charge >= 0.3 is 12.0 Å². The highest BCUT2D eigenvalue weighted by molar-refractivity contribution is 6.30. The third-order valence-electron chi connectivity index (χ3n) is 3.76. The molecule has 0 aromatic heterocycles. The Hall–Kier alpha value is -2.28. The Morgan fingerprint density at radius 3 is 2.68 bits per heavy atom. The van der Waals surface area contributed by atoms with Crippen LogP contribution in [0, 0.1) is 0 Å². The molecule has 1 fully saturated rings. The molecule has 3 amide bonds. The lowest BCUT2D eigenvalue weighted by molar-refractivity contribution is -0.156. The summed E-state index contributed by atoms with van der Waals surface area (Å²) in [6.07, 6.45) is 2.85. The highest BCUT2D eigenvalue weighted by Gasteiger charge is 2.22. The maximum absolute atomic E-state index is 11.9. The molecule has 2 rings (SSSR count). The first-order chi connectivity index (χ1) is 11.9. The van der Waals surface area contributed by atoms with E-state index in [-0.39, 0.29) is 12.6 Å². The maximum Gasteiger partial charge on any atom is 0.344 e. The molecule has 7 nitrogen and oxygen atoms in total. The van der Waals surface area contributed by atoms with Gasteiger partial charge in [-0.25, -0.2) is 9.59 Å². The fourth-order valence-corrected chi connectivity index (χ4v) is 2.67. The number of benzene rings is 1. The Morgan fingerprint density at radius 1 is 1.28 bits per heavy atom. The molecule has 0 saturated heterocycles. The van der Waals surface area contributed by atoms with Gasteiger partial charge in [0.15, 0.2) is 12.7 Å². The van der Waals surface area contributed by atoms with Crippen LogP contribution in [0.1, 0.15) is 32.6 Å². The van der Waals surface area contributed by atoms with E-state index in [0.717, 1.165) is 25.7 Å². The summed E-state index contributed by atoms with van der Waals surface area (Å²) in [6.45, 7) is 1.02. The van der Waals surface area contributed by atoms with Crippen molar-refractivity contribution in [2.24, 2.45) is 0 Å². The lowest BCUT2D eigenvalue weighted by Gasteiger charge is -2.15. The quantitative estimate of drug-likeness (QED) is 0.752. The van der Waals surface area contributed by atoms with Crippen LogP contribution in [-0.2, 0) is 14.3 Å². The van der Waals surface area contributed by atoms with E-state index in [0.29, 0.717) is 10.8 Å². The van der Waals surface area contributed by atoms with Crippen molar-refractivity contribution in [3.63, 3.8) is 0 Å². The molecule has 8 heteroatoms. The number of urea groups is 1. The predicted molar refractivity (Wildman–Crippen MR) is 91.4 cm³/mol. The molecule has 1 aromatic carbocycles. The summed E-state index contributed by atoms with van der Waals surface area (Å²) < 4.78 is 10.2. The van der Waals surface area contributed by atoms with Gasteiger partial charge in [-0.1, -0.05) is 30.5 Å². The predicted octanol–water partition coefficient (Wildman–Crippen LogP) is 2.42. The second-order valence-electron chi connectivity index (χ2n) is 5.82. The van der Waals surface area contributed by atoms with E-state index in [2.05, 4.69) is 10.6 Å². The van der Waals surface area contributed by atoms with Gasteiger partial charge in [0, 0.05) is 11.1 Å². The summed E-state index contributed by atoms with van der Waals surface area (Å²) in [5.74, 6) is -0.997. The van der Waals surface area contributed by atoms with Crippen LogP contribution in [0.15, 0.2) is 24.3 Å². The fraction of sp³-hybridized carbons (Fsp3) is 0.471. The fourth-order valence-electron chi connectivity index (χ4n) is 2.49. The van der Waals surface area contributed by atoms with E-state index in [1.807, 2.05) is 0 Å². The molecule has 1 aliphatic rings. The van der Waals surface area contributed by atoms with Crippen LogP contribution in [-0.4, -0.2) is 36.7 Å². The van der Waals surface area contributed by atoms with Crippen LogP contribution in [0.4, 0.5) is 4.79 Å². The van der Waals surface area contributed by atoms with Crippen molar-refractivity contribution < 1.29 is 23.9 Å². The van der Waals surface area contributed by atoms with Gasteiger partial charge in [-0.15, -0.1) is 0 Å². The number of ether oxygens (including phenoxy) is 2. The molecule has 1 saturated carbocycles. The van der Waals surface area contributed by atoms with Gasteiger partial charge in [0.25, 0.3) is 5.91 Å². The summed E-state index contributed by atoms with van der Waals surface area (Å²) in [4.78, 5) is 35.3. The maximum atomic E-state index is 11.9. The lowest BCUT2D eigenvalue weighted by atomic mass is 10.2. The standard InChI is InChI=1S/C17H21ClN2O5/c1-11(16(22)20-17(23)19-13-6-2-3-7-13)25-15(21)10-24-14-8-4-5-12(18)9-14/h4-5,8-9,11,13H,2-3,6-7,10H2,1H3,(H2,19,20,22,23)/t11-/m0/s1. The molecule has 1 aliphatic carbocycles. The highest BCUT2D eigenvalue weighted by atomic mass is 35.5. The molecular weight excluding hydrogens is 348 g/mol. The second-order valence-corrected chi connectivity index (χ2v) is 6.26. The van der Waals surface area contributed by atoms with Crippen molar-refractivity contribution >= 4 is 29.5 Å². The van der Waals surface area contributed by atoms with Crippen LogP contribution in [0.5, 0.6) is 5.75 Å². The van der Waals surface area contributed by atoms with Crippen molar-refractivity contribution in [2.45, 2.75) is 44.8 Å². The average Bonchev–Trinajstić information content (AvgIpc) is 3.05. The van der Waals surface area contributed by atoms with Gasteiger partial charge in [-0.05, 0) is 38.0 Å². The largest absolute Gasteiger partial charge is 0.482 e. The Morgan fingerprint density at radius 2 is 2.00 bits per heavy atom. The summed E-state index contributed by atoms with van der Waals surface area (Å²) in [5, 5.41) is 5.37. The lowest BCUT2D eigenvalue weighted by Crippen LogP contribution is -2.47. The Kier molecular flexibility index (Phi) is 7.06. The molecule has 0 unspecified atom stereocenters. The Bertz CT molecular complexity index is 631. The molecule has 0 aliphatic heterocycles. The number of halogens is 1. The number of rotatable bonds is 6. The van der Waals surface area contributed by atoms with Crippen LogP contribution in [0.2, 0.25) is 5.02 Å². The molecule has 1 atom stereocenters. The number of esters is 1. The topological polar surface area (TPSA) is 93.7 Å². The molecule has 1 aromatic rings. The smallest absolute Gasteiger partial charge is 0.344 e. The third kappa shape index (κ3) is 6.62. The highest BCUT2D eigenvalue weighted by Crippen LogP contribution is 2.18. The number of carbonyl (C=O) groups is 3. The first-order valence-corrected chi connectivity index (χ1v) is 8.51. The first-order valence-electron chi connectivity index (χ1n) is 8.13. The van der Waals surface area contributed by atoms with Gasteiger partial charge < -0.3 is 14.8 Å². The molecule has 2 N–H and O–H groups in total. The molecule has 0 spiro atoms. The number of hydrogen-bond donors (Lipinski definition) is 2. The van der Waals surface area contributed by atoms with Crippen molar-refractivity contribution in [1.82, 2.24) is 10.6 Å². The molecule has 0 bridgehead atoms.